The third kappa shape index (κ3) is 6.22. The van der Waals surface area contributed by atoms with Crippen LogP contribution >= 0.6 is 0 Å². The molecule has 2 aromatic carbocycles. The summed E-state index contributed by atoms with van der Waals surface area (Å²) < 4.78 is 41.4. The Morgan fingerprint density at radius 1 is 1.08 bits per heavy atom. The fraction of sp³-hybridized carbons (Fsp3) is 0.423. The zero-order chi connectivity index (χ0) is 26.7. The van der Waals surface area contributed by atoms with Crippen molar-refractivity contribution in [1.29, 1.82) is 0 Å². The Morgan fingerprint density at radius 3 is 2.46 bits per heavy atom. The number of amides is 3. The molecule has 8 nitrogen and oxygen atoms in total. The number of carbonyl (C=O) groups is 2. The molecule has 1 aliphatic rings. The van der Waals surface area contributed by atoms with Crippen molar-refractivity contribution in [3.8, 4) is 0 Å². The first-order valence-electron chi connectivity index (χ1n) is 12.2. The number of imidazole rings is 1. The number of anilines is 2. The molecule has 0 spiro atoms. The highest BCUT2D eigenvalue weighted by Gasteiger charge is 2.31. The van der Waals surface area contributed by atoms with Gasteiger partial charge in [-0.15, -0.1) is 0 Å². The molecular formula is C26H30F3N5O3. The normalized spacial score (nSPS) is 18.1. The number of halogens is 3. The summed E-state index contributed by atoms with van der Waals surface area (Å²) in [6.45, 7) is 3.80. The first-order chi connectivity index (χ1) is 17.5. The first kappa shape index (κ1) is 26.5. The van der Waals surface area contributed by atoms with E-state index in [4.69, 9.17) is 0 Å². The Morgan fingerprint density at radius 2 is 1.81 bits per heavy atom. The molecule has 1 aliphatic carbocycles. The topological polar surface area (TPSA) is 108 Å². The zero-order valence-electron chi connectivity index (χ0n) is 20.6. The van der Waals surface area contributed by atoms with E-state index in [0.717, 1.165) is 43.3 Å². The third-order valence-electron chi connectivity index (χ3n) is 6.48. The largest absolute Gasteiger partial charge is 0.416 e. The lowest BCUT2D eigenvalue weighted by Crippen LogP contribution is -2.34. The second-order valence-electron chi connectivity index (χ2n) is 9.65. The smallest absolute Gasteiger partial charge is 0.396 e. The molecule has 0 saturated heterocycles. The second-order valence-corrected chi connectivity index (χ2v) is 9.65. The van der Waals surface area contributed by atoms with Crippen LogP contribution in [-0.4, -0.2) is 39.2 Å². The Balaban J connectivity index is 1.67. The summed E-state index contributed by atoms with van der Waals surface area (Å²) in [4.78, 5) is 29.7. The molecule has 37 heavy (non-hydrogen) atoms. The van der Waals surface area contributed by atoms with Crippen LogP contribution in [0.5, 0.6) is 0 Å². The van der Waals surface area contributed by atoms with Gasteiger partial charge in [0.1, 0.15) is 0 Å². The standard InChI is InChI=1S/C26H30F3N5O3/c1-15(2)30-25(37)31-19-8-11-22-21(13-19)32-24(34(22)20-9-6-16(14-35)7-10-20)33-23(36)17-4-3-5-18(12-17)26(27,28)29/h3-5,8,11-13,15-16,20,35H,6-7,9-10,14H2,1-2H3,(H2,30,31,37)(H,32,33,36). The van der Waals surface area contributed by atoms with Crippen molar-refractivity contribution < 1.29 is 27.9 Å². The Bertz CT molecular complexity index is 1280. The van der Waals surface area contributed by atoms with Crippen LogP contribution in [0.25, 0.3) is 11.0 Å². The molecule has 4 N–H and O–H groups in total. The Hall–Kier alpha value is -3.60. The van der Waals surface area contributed by atoms with E-state index in [9.17, 15) is 27.9 Å². The van der Waals surface area contributed by atoms with E-state index >= 15 is 0 Å². The van der Waals surface area contributed by atoms with E-state index in [1.54, 1.807) is 18.2 Å². The van der Waals surface area contributed by atoms with Gasteiger partial charge >= 0.3 is 12.2 Å². The summed E-state index contributed by atoms with van der Waals surface area (Å²) in [6.07, 6.45) is -1.46. The third-order valence-corrected chi connectivity index (χ3v) is 6.48. The lowest BCUT2D eigenvalue weighted by atomic mass is 9.86. The molecule has 1 aromatic heterocycles. The molecule has 1 saturated carbocycles. The second kappa shape index (κ2) is 10.8. The number of benzene rings is 2. The molecular weight excluding hydrogens is 487 g/mol. The van der Waals surface area contributed by atoms with Gasteiger partial charge in [0.25, 0.3) is 5.91 Å². The SMILES string of the molecule is CC(C)NC(=O)Nc1ccc2c(c1)nc(NC(=O)c1cccc(C(F)(F)F)c1)n2C1CCC(CO)CC1. The minimum atomic E-state index is -4.57. The minimum absolute atomic E-state index is 0.0207. The van der Waals surface area contributed by atoms with Gasteiger partial charge in [-0.05, 0) is 81.8 Å². The summed E-state index contributed by atoms with van der Waals surface area (Å²) in [5.74, 6) is -0.278. The van der Waals surface area contributed by atoms with Crippen molar-refractivity contribution in [2.75, 3.05) is 17.2 Å². The quantitative estimate of drug-likeness (QED) is 0.343. The first-order valence-corrected chi connectivity index (χ1v) is 12.2. The van der Waals surface area contributed by atoms with Gasteiger partial charge in [0.05, 0.1) is 16.6 Å². The van der Waals surface area contributed by atoms with Gasteiger partial charge in [-0.1, -0.05) is 6.07 Å². The number of nitrogens with zero attached hydrogens (tertiary/aromatic N) is 2. The van der Waals surface area contributed by atoms with Gasteiger partial charge in [-0.25, -0.2) is 9.78 Å². The molecule has 3 amide bonds. The molecule has 0 bridgehead atoms. The number of nitrogens with one attached hydrogen (secondary N) is 3. The van der Waals surface area contributed by atoms with Crippen molar-refractivity contribution in [2.45, 2.75) is 57.8 Å². The average Bonchev–Trinajstić information content (AvgIpc) is 3.20. The fourth-order valence-corrected chi connectivity index (χ4v) is 4.66. The highest BCUT2D eigenvalue weighted by molar-refractivity contribution is 6.04. The summed E-state index contributed by atoms with van der Waals surface area (Å²) in [6, 6.07) is 9.02. The predicted octanol–water partition coefficient (Wildman–Crippen LogP) is 5.56. The molecule has 1 fully saturated rings. The van der Waals surface area contributed by atoms with Crippen molar-refractivity contribution in [2.24, 2.45) is 5.92 Å². The van der Waals surface area contributed by atoms with Gasteiger partial charge in [0, 0.05) is 29.9 Å². The van der Waals surface area contributed by atoms with Crippen molar-refractivity contribution in [1.82, 2.24) is 14.9 Å². The molecule has 11 heteroatoms. The van der Waals surface area contributed by atoms with Crippen LogP contribution in [0.3, 0.4) is 0 Å². The predicted molar refractivity (Wildman–Crippen MR) is 135 cm³/mol. The lowest BCUT2D eigenvalue weighted by Gasteiger charge is -2.29. The van der Waals surface area contributed by atoms with E-state index < -0.39 is 17.6 Å². The van der Waals surface area contributed by atoms with Crippen molar-refractivity contribution >= 4 is 34.6 Å². The van der Waals surface area contributed by atoms with Crippen LogP contribution in [0.4, 0.5) is 29.6 Å². The van der Waals surface area contributed by atoms with Crippen LogP contribution in [0.15, 0.2) is 42.5 Å². The van der Waals surface area contributed by atoms with Crippen LogP contribution in [0.1, 0.15) is 61.5 Å². The number of urea groups is 1. The highest BCUT2D eigenvalue weighted by Crippen LogP contribution is 2.37. The molecule has 3 aromatic rings. The van der Waals surface area contributed by atoms with E-state index in [2.05, 4.69) is 20.9 Å². The maximum absolute atomic E-state index is 13.2. The molecule has 198 valence electrons. The van der Waals surface area contributed by atoms with Gasteiger partial charge in [0.15, 0.2) is 0 Å². The summed E-state index contributed by atoms with van der Waals surface area (Å²) >= 11 is 0. The number of hydrogen-bond donors (Lipinski definition) is 4. The molecule has 0 atom stereocenters. The molecule has 0 radical (unpaired) electrons. The van der Waals surface area contributed by atoms with Gasteiger partial charge in [0.2, 0.25) is 5.95 Å². The maximum atomic E-state index is 13.2. The van der Waals surface area contributed by atoms with Gasteiger partial charge in [-0.3, -0.25) is 10.1 Å². The van der Waals surface area contributed by atoms with E-state index in [0.29, 0.717) is 11.2 Å². The number of alkyl halides is 3. The van der Waals surface area contributed by atoms with Gasteiger partial charge in [-0.2, -0.15) is 13.2 Å². The summed E-state index contributed by atoms with van der Waals surface area (Å²) in [7, 11) is 0. The van der Waals surface area contributed by atoms with E-state index in [1.807, 2.05) is 18.4 Å². The van der Waals surface area contributed by atoms with Crippen molar-refractivity contribution in [3.05, 3.63) is 53.6 Å². The molecule has 0 unspecified atom stereocenters. The monoisotopic (exact) mass is 517 g/mol. The van der Waals surface area contributed by atoms with Gasteiger partial charge < -0.3 is 20.3 Å². The van der Waals surface area contributed by atoms with Crippen molar-refractivity contribution in [3.63, 3.8) is 0 Å². The number of aliphatic hydroxyl groups excluding tert-OH is 1. The zero-order valence-corrected chi connectivity index (χ0v) is 20.6. The van der Waals surface area contributed by atoms with E-state index in [-0.39, 0.29) is 42.2 Å². The molecule has 0 aliphatic heterocycles. The summed E-state index contributed by atoms with van der Waals surface area (Å²) in [5, 5.41) is 17.7. The average molecular weight is 518 g/mol. The van der Waals surface area contributed by atoms with Crippen LogP contribution in [0, 0.1) is 5.92 Å². The maximum Gasteiger partial charge on any atom is 0.416 e. The number of aliphatic hydroxyl groups is 1. The van der Waals surface area contributed by atoms with Crippen LogP contribution in [-0.2, 0) is 6.18 Å². The fourth-order valence-electron chi connectivity index (χ4n) is 4.66. The Labute approximate surface area is 212 Å². The highest BCUT2D eigenvalue weighted by atomic mass is 19.4. The number of carbonyl (C=O) groups excluding carboxylic acids is 2. The number of hydrogen-bond acceptors (Lipinski definition) is 4. The minimum Gasteiger partial charge on any atom is -0.396 e. The lowest BCUT2D eigenvalue weighted by molar-refractivity contribution is -0.137. The summed E-state index contributed by atoms with van der Waals surface area (Å²) in [5.41, 5.74) is 0.708. The van der Waals surface area contributed by atoms with Crippen LogP contribution < -0.4 is 16.0 Å². The number of rotatable bonds is 6. The van der Waals surface area contributed by atoms with Crippen LogP contribution in [0.2, 0.25) is 0 Å². The van der Waals surface area contributed by atoms with E-state index in [1.165, 1.54) is 12.1 Å². The Kier molecular flexibility index (Phi) is 7.72. The number of fused-ring (bicyclic) bond motifs is 1. The molecule has 1 heterocycles. The molecule has 4 rings (SSSR count). The number of aromatic nitrogens is 2.